The van der Waals surface area contributed by atoms with Gasteiger partial charge in [0.25, 0.3) is 5.91 Å². The third kappa shape index (κ3) is 4.64. The molecule has 0 radical (unpaired) electrons. The predicted molar refractivity (Wildman–Crippen MR) is 102 cm³/mol. The van der Waals surface area contributed by atoms with E-state index < -0.39 is 6.10 Å². The number of hydrogen-bond donors (Lipinski definition) is 1. The molecule has 0 fully saturated rings. The van der Waals surface area contributed by atoms with Gasteiger partial charge in [0, 0.05) is 6.07 Å². The second-order valence-electron chi connectivity index (χ2n) is 6.33. The SMILES string of the molecule is CC[C@H](Oc1cccc(OC)c1)C(=O)N[C@@H](C)c1ccc2c(c1)OCCO2. The van der Waals surface area contributed by atoms with Gasteiger partial charge in [-0.2, -0.15) is 0 Å². The fraction of sp³-hybridized carbons (Fsp3) is 0.381. The second-order valence-corrected chi connectivity index (χ2v) is 6.33. The molecule has 3 rings (SSSR count). The van der Waals surface area contributed by atoms with E-state index in [1.807, 2.05) is 50.2 Å². The summed E-state index contributed by atoms with van der Waals surface area (Å²) in [4.78, 5) is 12.7. The van der Waals surface area contributed by atoms with E-state index >= 15 is 0 Å². The van der Waals surface area contributed by atoms with Crippen molar-refractivity contribution in [1.29, 1.82) is 0 Å². The lowest BCUT2D eigenvalue weighted by atomic mass is 10.1. The number of carbonyl (C=O) groups is 1. The molecule has 6 nitrogen and oxygen atoms in total. The van der Waals surface area contributed by atoms with E-state index in [9.17, 15) is 4.79 Å². The van der Waals surface area contributed by atoms with Gasteiger partial charge in [-0.3, -0.25) is 4.79 Å². The van der Waals surface area contributed by atoms with Crippen molar-refractivity contribution in [3.05, 3.63) is 48.0 Å². The van der Waals surface area contributed by atoms with Gasteiger partial charge in [0.05, 0.1) is 13.2 Å². The van der Waals surface area contributed by atoms with Crippen molar-refractivity contribution >= 4 is 5.91 Å². The minimum absolute atomic E-state index is 0.164. The summed E-state index contributed by atoms with van der Waals surface area (Å²) in [5.74, 6) is 2.56. The molecule has 1 amide bonds. The fourth-order valence-electron chi connectivity index (χ4n) is 2.88. The van der Waals surface area contributed by atoms with Gasteiger partial charge >= 0.3 is 0 Å². The van der Waals surface area contributed by atoms with Gasteiger partial charge in [-0.15, -0.1) is 0 Å². The first kappa shape index (κ1) is 18.9. The maximum atomic E-state index is 12.7. The van der Waals surface area contributed by atoms with E-state index in [1.54, 1.807) is 13.2 Å². The van der Waals surface area contributed by atoms with Crippen LogP contribution in [0.2, 0.25) is 0 Å². The number of benzene rings is 2. The van der Waals surface area contributed by atoms with Gasteiger partial charge in [0.15, 0.2) is 17.6 Å². The first-order valence-corrected chi connectivity index (χ1v) is 9.11. The van der Waals surface area contributed by atoms with Crippen LogP contribution in [0.4, 0.5) is 0 Å². The van der Waals surface area contributed by atoms with Gasteiger partial charge in [0.2, 0.25) is 0 Å². The highest BCUT2D eigenvalue weighted by molar-refractivity contribution is 5.81. The molecule has 1 heterocycles. The Morgan fingerprint density at radius 2 is 1.85 bits per heavy atom. The Hall–Kier alpha value is -2.89. The van der Waals surface area contributed by atoms with Crippen LogP contribution >= 0.6 is 0 Å². The molecule has 0 saturated carbocycles. The van der Waals surface area contributed by atoms with Gasteiger partial charge in [-0.05, 0) is 43.2 Å². The number of nitrogens with one attached hydrogen (secondary N) is 1. The third-order valence-corrected chi connectivity index (χ3v) is 4.41. The first-order chi connectivity index (χ1) is 13.1. The molecule has 0 aliphatic carbocycles. The van der Waals surface area contributed by atoms with Gasteiger partial charge in [0.1, 0.15) is 24.7 Å². The van der Waals surface area contributed by atoms with Gasteiger partial charge in [-0.25, -0.2) is 0 Å². The minimum atomic E-state index is -0.586. The van der Waals surface area contributed by atoms with E-state index in [1.165, 1.54) is 0 Å². The van der Waals surface area contributed by atoms with E-state index in [2.05, 4.69) is 5.32 Å². The summed E-state index contributed by atoms with van der Waals surface area (Å²) in [6, 6.07) is 12.8. The van der Waals surface area contributed by atoms with E-state index in [0.717, 1.165) is 11.3 Å². The van der Waals surface area contributed by atoms with Crippen LogP contribution in [0.25, 0.3) is 0 Å². The van der Waals surface area contributed by atoms with Crippen LogP contribution in [0.15, 0.2) is 42.5 Å². The number of carbonyl (C=O) groups excluding carboxylic acids is 1. The van der Waals surface area contributed by atoms with Crippen molar-refractivity contribution in [2.75, 3.05) is 20.3 Å². The van der Waals surface area contributed by atoms with Crippen LogP contribution in [0.5, 0.6) is 23.0 Å². The zero-order valence-electron chi connectivity index (χ0n) is 15.9. The molecular weight excluding hydrogens is 346 g/mol. The van der Waals surface area contributed by atoms with Crippen LogP contribution in [-0.2, 0) is 4.79 Å². The summed E-state index contributed by atoms with van der Waals surface area (Å²) in [5, 5.41) is 3.01. The molecule has 144 valence electrons. The largest absolute Gasteiger partial charge is 0.497 e. The van der Waals surface area contributed by atoms with Crippen molar-refractivity contribution in [1.82, 2.24) is 5.32 Å². The molecule has 2 atom stereocenters. The maximum Gasteiger partial charge on any atom is 0.261 e. The van der Waals surface area contributed by atoms with Crippen molar-refractivity contribution in [3.63, 3.8) is 0 Å². The molecule has 2 aromatic carbocycles. The minimum Gasteiger partial charge on any atom is -0.497 e. The summed E-state index contributed by atoms with van der Waals surface area (Å²) in [5.41, 5.74) is 0.948. The summed E-state index contributed by atoms with van der Waals surface area (Å²) >= 11 is 0. The van der Waals surface area contributed by atoms with Crippen molar-refractivity contribution in [2.45, 2.75) is 32.4 Å². The molecule has 1 aliphatic rings. The van der Waals surface area contributed by atoms with Gasteiger partial charge in [-0.1, -0.05) is 19.1 Å². The van der Waals surface area contributed by atoms with Crippen LogP contribution in [0.1, 0.15) is 31.9 Å². The molecule has 0 aromatic heterocycles. The lowest BCUT2D eigenvalue weighted by Gasteiger charge is -2.23. The molecule has 27 heavy (non-hydrogen) atoms. The van der Waals surface area contributed by atoms with Gasteiger partial charge < -0.3 is 24.3 Å². The van der Waals surface area contributed by atoms with E-state index in [4.69, 9.17) is 18.9 Å². The number of methoxy groups -OCH3 is 1. The lowest BCUT2D eigenvalue weighted by molar-refractivity contribution is -0.128. The number of hydrogen-bond acceptors (Lipinski definition) is 5. The molecule has 6 heteroatoms. The first-order valence-electron chi connectivity index (χ1n) is 9.11. The van der Waals surface area contributed by atoms with Crippen molar-refractivity contribution < 1.29 is 23.7 Å². The third-order valence-electron chi connectivity index (χ3n) is 4.41. The zero-order chi connectivity index (χ0) is 19.2. The molecule has 1 N–H and O–H groups in total. The normalized spacial score (nSPS) is 14.8. The molecule has 2 aromatic rings. The fourth-order valence-corrected chi connectivity index (χ4v) is 2.88. The Balaban J connectivity index is 1.65. The highest BCUT2D eigenvalue weighted by atomic mass is 16.6. The van der Waals surface area contributed by atoms with Crippen LogP contribution in [-0.4, -0.2) is 32.3 Å². The zero-order valence-corrected chi connectivity index (χ0v) is 15.9. The predicted octanol–water partition coefficient (Wildman–Crippen LogP) is 3.50. The van der Waals surface area contributed by atoms with Crippen LogP contribution in [0, 0.1) is 0 Å². The highest BCUT2D eigenvalue weighted by Gasteiger charge is 2.22. The smallest absolute Gasteiger partial charge is 0.261 e. The average molecular weight is 371 g/mol. The summed E-state index contributed by atoms with van der Waals surface area (Å²) in [7, 11) is 1.60. The lowest BCUT2D eigenvalue weighted by Crippen LogP contribution is -2.39. The summed E-state index contributed by atoms with van der Waals surface area (Å²) < 4.78 is 22.2. The number of fused-ring (bicyclic) bond motifs is 1. The highest BCUT2D eigenvalue weighted by Crippen LogP contribution is 2.32. The Kier molecular flexibility index (Phi) is 6.06. The summed E-state index contributed by atoms with van der Waals surface area (Å²) in [6.07, 6.45) is -0.0338. The Morgan fingerprint density at radius 3 is 2.59 bits per heavy atom. The van der Waals surface area contributed by atoms with Crippen molar-refractivity contribution in [3.8, 4) is 23.0 Å². The number of rotatable bonds is 7. The monoisotopic (exact) mass is 371 g/mol. The summed E-state index contributed by atoms with van der Waals surface area (Å²) in [6.45, 7) is 4.93. The molecular formula is C21H25NO5. The van der Waals surface area contributed by atoms with Crippen LogP contribution < -0.4 is 24.3 Å². The van der Waals surface area contributed by atoms with Crippen molar-refractivity contribution in [2.24, 2.45) is 0 Å². The molecule has 0 spiro atoms. The Morgan fingerprint density at radius 1 is 1.11 bits per heavy atom. The quantitative estimate of drug-likeness (QED) is 0.807. The number of ether oxygens (including phenoxy) is 4. The van der Waals surface area contributed by atoms with E-state index in [0.29, 0.717) is 36.9 Å². The maximum absolute atomic E-state index is 12.7. The standard InChI is InChI=1S/C21H25NO5/c1-4-18(27-17-7-5-6-16(13-17)24-3)21(23)22-14(2)15-8-9-19-20(12-15)26-11-10-25-19/h5-9,12-14,18H,4,10-11H2,1-3H3,(H,22,23)/t14-,18-/m0/s1. The Bertz CT molecular complexity index is 792. The Labute approximate surface area is 159 Å². The second kappa shape index (κ2) is 8.66. The molecule has 0 unspecified atom stereocenters. The van der Waals surface area contributed by atoms with E-state index in [-0.39, 0.29) is 11.9 Å². The molecule has 0 bridgehead atoms. The molecule has 1 aliphatic heterocycles. The molecule has 0 saturated heterocycles. The topological polar surface area (TPSA) is 66.0 Å². The van der Waals surface area contributed by atoms with Crippen LogP contribution in [0.3, 0.4) is 0 Å². The average Bonchev–Trinajstić information content (AvgIpc) is 2.71. The number of amides is 1.